The van der Waals surface area contributed by atoms with Gasteiger partial charge in [0.1, 0.15) is 6.67 Å². The molecular weight excluding hydrogens is 261 g/mol. The van der Waals surface area contributed by atoms with Gasteiger partial charge in [-0.15, -0.1) is 0 Å². The zero-order chi connectivity index (χ0) is 15.3. The molecule has 0 aromatic heterocycles. The van der Waals surface area contributed by atoms with E-state index in [4.69, 9.17) is 5.11 Å². The van der Waals surface area contributed by atoms with Gasteiger partial charge in [-0.1, -0.05) is 31.2 Å². The SMILES string of the molecule is CCc1ccc(C(C)(C)C(=O)NC(CF)C(=O)O)cc1. The second kappa shape index (κ2) is 6.50. The lowest BCUT2D eigenvalue weighted by Gasteiger charge is -2.26. The number of carbonyl (C=O) groups is 2. The molecule has 110 valence electrons. The van der Waals surface area contributed by atoms with Crippen LogP contribution < -0.4 is 5.32 Å². The molecular formula is C15H20FNO3. The number of aliphatic carboxylic acids is 1. The van der Waals surface area contributed by atoms with E-state index in [0.717, 1.165) is 17.5 Å². The van der Waals surface area contributed by atoms with Gasteiger partial charge in [-0.25, -0.2) is 9.18 Å². The highest BCUT2D eigenvalue weighted by Gasteiger charge is 2.32. The van der Waals surface area contributed by atoms with E-state index in [9.17, 15) is 14.0 Å². The second-order valence-electron chi connectivity index (χ2n) is 5.19. The molecule has 1 aromatic carbocycles. The normalized spacial score (nSPS) is 12.8. The van der Waals surface area contributed by atoms with E-state index in [1.54, 1.807) is 13.8 Å². The van der Waals surface area contributed by atoms with E-state index >= 15 is 0 Å². The van der Waals surface area contributed by atoms with Gasteiger partial charge < -0.3 is 10.4 Å². The number of hydrogen-bond donors (Lipinski definition) is 2. The Morgan fingerprint density at radius 1 is 1.30 bits per heavy atom. The summed E-state index contributed by atoms with van der Waals surface area (Å²) < 4.78 is 12.6. The van der Waals surface area contributed by atoms with Crippen molar-refractivity contribution in [2.75, 3.05) is 6.67 Å². The Morgan fingerprint density at radius 3 is 2.25 bits per heavy atom. The number of nitrogens with one attached hydrogen (secondary N) is 1. The van der Waals surface area contributed by atoms with Crippen LogP contribution >= 0.6 is 0 Å². The maximum absolute atomic E-state index is 12.6. The molecule has 1 unspecified atom stereocenters. The minimum Gasteiger partial charge on any atom is -0.480 e. The molecule has 1 rings (SSSR count). The third-order valence-corrected chi connectivity index (χ3v) is 3.41. The summed E-state index contributed by atoms with van der Waals surface area (Å²) in [7, 11) is 0. The summed E-state index contributed by atoms with van der Waals surface area (Å²) in [6.07, 6.45) is 0.899. The summed E-state index contributed by atoms with van der Waals surface area (Å²) in [5.41, 5.74) is 0.988. The van der Waals surface area contributed by atoms with Gasteiger partial charge >= 0.3 is 5.97 Å². The Labute approximate surface area is 118 Å². The van der Waals surface area contributed by atoms with Crippen molar-refractivity contribution in [2.24, 2.45) is 0 Å². The summed E-state index contributed by atoms with van der Waals surface area (Å²) in [5.74, 6) is -1.88. The average Bonchev–Trinajstić information content (AvgIpc) is 2.43. The first kappa shape index (κ1) is 16.1. The molecule has 0 aliphatic heterocycles. The van der Waals surface area contributed by atoms with Crippen molar-refractivity contribution in [3.05, 3.63) is 35.4 Å². The monoisotopic (exact) mass is 281 g/mol. The molecule has 1 amide bonds. The largest absolute Gasteiger partial charge is 0.480 e. The highest BCUT2D eigenvalue weighted by molar-refractivity contribution is 5.90. The Hall–Kier alpha value is -1.91. The van der Waals surface area contributed by atoms with Gasteiger partial charge in [-0.2, -0.15) is 0 Å². The molecule has 0 bridgehead atoms. The number of rotatable bonds is 6. The minimum atomic E-state index is -1.50. The molecule has 0 saturated carbocycles. The molecule has 0 saturated heterocycles. The van der Waals surface area contributed by atoms with Gasteiger partial charge in [-0.3, -0.25) is 4.79 Å². The predicted octanol–water partition coefficient (Wildman–Crippen LogP) is 2.07. The van der Waals surface area contributed by atoms with Crippen LogP contribution in [0.5, 0.6) is 0 Å². The van der Waals surface area contributed by atoms with Crippen molar-refractivity contribution < 1.29 is 19.1 Å². The molecule has 0 aliphatic rings. The maximum atomic E-state index is 12.6. The van der Waals surface area contributed by atoms with Crippen molar-refractivity contribution in [3.8, 4) is 0 Å². The standard InChI is InChI=1S/C15H20FNO3/c1-4-10-5-7-11(8-6-10)15(2,3)14(20)17-12(9-16)13(18)19/h5-8,12H,4,9H2,1-3H3,(H,17,20)(H,18,19). The maximum Gasteiger partial charge on any atom is 0.328 e. The van der Waals surface area contributed by atoms with Crippen LogP contribution in [0.4, 0.5) is 4.39 Å². The number of amides is 1. The van der Waals surface area contributed by atoms with Gasteiger partial charge in [0, 0.05) is 0 Å². The zero-order valence-electron chi connectivity index (χ0n) is 11.9. The van der Waals surface area contributed by atoms with Crippen molar-refractivity contribution in [2.45, 2.75) is 38.6 Å². The van der Waals surface area contributed by atoms with Gasteiger partial charge in [0.15, 0.2) is 6.04 Å². The van der Waals surface area contributed by atoms with E-state index < -0.39 is 30.0 Å². The highest BCUT2D eigenvalue weighted by Crippen LogP contribution is 2.24. The van der Waals surface area contributed by atoms with E-state index in [-0.39, 0.29) is 0 Å². The number of alkyl halides is 1. The van der Waals surface area contributed by atoms with Crippen molar-refractivity contribution in [3.63, 3.8) is 0 Å². The first-order chi connectivity index (χ1) is 9.32. The molecule has 5 heteroatoms. The number of carbonyl (C=O) groups excluding carboxylic acids is 1. The average molecular weight is 281 g/mol. The Bertz CT molecular complexity index is 482. The van der Waals surface area contributed by atoms with E-state index in [1.807, 2.05) is 31.2 Å². The Balaban J connectivity index is 2.90. The molecule has 20 heavy (non-hydrogen) atoms. The third-order valence-electron chi connectivity index (χ3n) is 3.41. The molecule has 0 fully saturated rings. The Morgan fingerprint density at radius 2 is 1.85 bits per heavy atom. The predicted molar refractivity (Wildman–Crippen MR) is 74.4 cm³/mol. The number of halogens is 1. The van der Waals surface area contributed by atoms with Crippen LogP contribution in [0, 0.1) is 0 Å². The molecule has 0 radical (unpaired) electrons. The number of carboxylic acid groups (broad SMARTS) is 1. The van der Waals surface area contributed by atoms with Gasteiger partial charge in [0.2, 0.25) is 5.91 Å². The molecule has 4 nitrogen and oxygen atoms in total. The quantitative estimate of drug-likeness (QED) is 0.839. The molecule has 0 heterocycles. The highest BCUT2D eigenvalue weighted by atomic mass is 19.1. The second-order valence-corrected chi connectivity index (χ2v) is 5.19. The summed E-state index contributed by atoms with van der Waals surface area (Å²) in [6, 6.07) is 6.02. The van der Waals surface area contributed by atoms with Crippen LogP contribution in [-0.2, 0) is 21.4 Å². The lowest BCUT2D eigenvalue weighted by atomic mass is 9.83. The molecule has 2 N–H and O–H groups in total. The number of benzene rings is 1. The van der Waals surface area contributed by atoms with Crippen molar-refractivity contribution >= 4 is 11.9 Å². The first-order valence-electron chi connectivity index (χ1n) is 6.52. The smallest absolute Gasteiger partial charge is 0.328 e. The van der Waals surface area contributed by atoms with Crippen LogP contribution in [0.2, 0.25) is 0 Å². The van der Waals surface area contributed by atoms with Crippen molar-refractivity contribution in [1.29, 1.82) is 0 Å². The van der Waals surface area contributed by atoms with E-state index in [2.05, 4.69) is 5.32 Å². The fourth-order valence-electron chi connectivity index (χ4n) is 1.79. The molecule has 0 aliphatic carbocycles. The lowest BCUT2D eigenvalue weighted by molar-refractivity contribution is -0.143. The van der Waals surface area contributed by atoms with Crippen LogP contribution in [-0.4, -0.2) is 29.7 Å². The van der Waals surface area contributed by atoms with Gasteiger partial charge in [-0.05, 0) is 31.4 Å². The number of aryl methyl sites for hydroxylation is 1. The summed E-state index contributed by atoms with van der Waals surface area (Å²) in [5, 5.41) is 11.0. The van der Waals surface area contributed by atoms with Gasteiger partial charge in [0.25, 0.3) is 0 Å². The third kappa shape index (κ3) is 3.56. The Kier molecular flexibility index (Phi) is 5.25. The van der Waals surface area contributed by atoms with Crippen LogP contribution in [0.1, 0.15) is 31.9 Å². The van der Waals surface area contributed by atoms with Crippen LogP contribution in [0.15, 0.2) is 24.3 Å². The lowest BCUT2D eigenvalue weighted by Crippen LogP contribution is -2.49. The summed E-state index contributed by atoms with van der Waals surface area (Å²) in [6.45, 7) is 4.26. The minimum absolute atomic E-state index is 0.508. The molecule has 1 aromatic rings. The summed E-state index contributed by atoms with van der Waals surface area (Å²) in [4.78, 5) is 22.9. The number of carboxylic acids is 1. The van der Waals surface area contributed by atoms with E-state index in [1.165, 1.54) is 0 Å². The van der Waals surface area contributed by atoms with Crippen LogP contribution in [0.3, 0.4) is 0 Å². The molecule has 1 atom stereocenters. The van der Waals surface area contributed by atoms with Crippen LogP contribution in [0.25, 0.3) is 0 Å². The zero-order valence-corrected chi connectivity index (χ0v) is 11.9. The van der Waals surface area contributed by atoms with Crippen molar-refractivity contribution in [1.82, 2.24) is 5.32 Å². The van der Waals surface area contributed by atoms with Gasteiger partial charge in [0.05, 0.1) is 5.41 Å². The topological polar surface area (TPSA) is 66.4 Å². The van der Waals surface area contributed by atoms with E-state index in [0.29, 0.717) is 0 Å². The fourth-order valence-corrected chi connectivity index (χ4v) is 1.79. The summed E-state index contributed by atoms with van der Waals surface area (Å²) >= 11 is 0. The fraction of sp³-hybridized carbons (Fsp3) is 0.467. The number of hydrogen-bond acceptors (Lipinski definition) is 2. The first-order valence-corrected chi connectivity index (χ1v) is 6.52. The molecule has 0 spiro atoms.